The predicted molar refractivity (Wildman–Crippen MR) is 78.4 cm³/mol. The van der Waals surface area contributed by atoms with Crippen molar-refractivity contribution in [2.75, 3.05) is 13.1 Å². The number of carbonyl (C=O) groups excluding carboxylic acids is 1. The van der Waals surface area contributed by atoms with Crippen molar-refractivity contribution in [1.29, 1.82) is 0 Å². The summed E-state index contributed by atoms with van der Waals surface area (Å²) in [7, 11) is 0. The van der Waals surface area contributed by atoms with Crippen LogP contribution in [-0.2, 0) is 4.89 Å². The summed E-state index contributed by atoms with van der Waals surface area (Å²) in [5, 5.41) is 2.90. The zero-order chi connectivity index (χ0) is 14.8. The monoisotopic (exact) mass is 325 g/mol. The molecule has 21 heavy (non-hydrogen) atoms. The van der Waals surface area contributed by atoms with Crippen LogP contribution in [0.3, 0.4) is 0 Å². The van der Waals surface area contributed by atoms with Gasteiger partial charge in [0, 0.05) is 36.3 Å². The third kappa shape index (κ3) is 3.25. The summed E-state index contributed by atoms with van der Waals surface area (Å²) in [4.78, 5) is 31.4. The number of aromatic nitrogens is 2. The Balaban J connectivity index is 1.73. The van der Waals surface area contributed by atoms with Crippen molar-refractivity contribution in [2.45, 2.75) is 13.3 Å². The van der Waals surface area contributed by atoms with Crippen LogP contribution in [0.25, 0.3) is 10.7 Å². The normalized spacial score (nSPS) is 13.7. The smallest absolute Gasteiger partial charge is 0.305 e. The van der Waals surface area contributed by atoms with Gasteiger partial charge in [0.1, 0.15) is 15.9 Å². The number of carbonyl (C=O) groups is 1. The molecular formula is C13H12ClN3O3S. The molecule has 0 N–H and O–H groups in total. The molecule has 2 aromatic rings. The molecule has 0 saturated carbocycles. The number of thiazole rings is 1. The van der Waals surface area contributed by atoms with E-state index in [1.807, 2.05) is 12.3 Å². The largest absolute Gasteiger partial charge is 0.452 e. The highest BCUT2D eigenvalue weighted by Gasteiger charge is 2.23. The fraction of sp³-hybridized carbons (Fsp3) is 0.308. The van der Waals surface area contributed by atoms with E-state index in [1.54, 1.807) is 11.0 Å². The number of nitrogens with zero attached hydrogens (tertiary/aromatic N) is 3. The van der Waals surface area contributed by atoms with Crippen LogP contribution in [0.5, 0.6) is 5.75 Å². The maximum atomic E-state index is 11.6. The van der Waals surface area contributed by atoms with E-state index in [0.717, 1.165) is 17.1 Å². The molecule has 3 rings (SSSR count). The molecule has 1 fully saturated rings. The number of amides is 1. The number of likely N-dealkylation sites (tertiary alicyclic amines) is 1. The first-order valence-electron chi connectivity index (χ1n) is 6.35. The highest BCUT2D eigenvalue weighted by Crippen LogP contribution is 2.27. The summed E-state index contributed by atoms with van der Waals surface area (Å²) in [5.74, 6) is 0.312. The van der Waals surface area contributed by atoms with Crippen LogP contribution in [0.4, 0.5) is 4.79 Å². The molecule has 0 aliphatic carbocycles. The maximum Gasteiger partial charge on any atom is 0.452 e. The summed E-state index contributed by atoms with van der Waals surface area (Å²) in [6, 6.07) is 3.11. The first-order valence-corrected chi connectivity index (χ1v) is 7.61. The lowest BCUT2D eigenvalue weighted by Gasteiger charge is -2.28. The van der Waals surface area contributed by atoms with Crippen LogP contribution in [-0.4, -0.2) is 34.1 Å². The van der Waals surface area contributed by atoms with E-state index in [1.165, 1.54) is 17.4 Å². The SMILES string of the molecule is Cc1csc(-c2cc(OOC(=O)N3CCC3)cc(Cl)n2)n1. The molecule has 0 unspecified atom stereocenters. The van der Waals surface area contributed by atoms with Gasteiger partial charge in [-0.15, -0.1) is 11.3 Å². The van der Waals surface area contributed by atoms with Crippen LogP contribution in [0.15, 0.2) is 17.5 Å². The van der Waals surface area contributed by atoms with Crippen LogP contribution >= 0.6 is 22.9 Å². The molecule has 1 amide bonds. The minimum absolute atomic E-state index is 0.246. The van der Waals surface area contributed by atoms with Crippen molar-refractivity contribution in [2.24, 2.45) is 0 Å². The van der Waals surface area contributed by atoms with Crippen molar-refractivity contribution in [3.8, 4) is 16.5 Å². The van der Waals surface area contributed by atoms with Crippen molar-refractivity contribution in [1.82, 2.24) is 14.9 Å². The van der Waals surface area contributed by atoms with E-state index >= 15 is 0 Å². The van der Waals surface area contributed by atoms with Gasteiger partial charge in [0.25, 0.3) is 0 Å². The lowest BCUT2D eigenvalue weighted by Crippen LogP contribution is -2.42. The Morgan fingerprint density at radius 3 is 2.81 bits per heavy atom. The fourth-order valence-electron chi connectivity index (χ4n) is 1.74. The molecule has 0 spiro atoms. The molecule has 6 nitrogen and oxygen atoms in total. The van der Waals surface area contributed by atoms with Crippen molar-refractivity contribution in [3.05, 3.63) is 28.4 Å². The lowest BCUT2D eigenvalue weighted by molar-refractivity contribution is -0.157. The van der Waals surface area contributed by atoms with E-state index in [0.29, 0.717) is 24.5 Å². The van der Waals surface area contributed by atoms with Gasteiger partial charge in [0.2, 0.25) is 0 Å². The van der Waals surface area contributed by atoms with Gasteiger partial charge in [-0.25, -0.2) is 19.7 Å². The standard InChI is InChI=1S/C13H12ClN3O3S/c1-8-7-21-12(15-8)10-5-9(6-11(14)16-10)19-20-13(18)17-3-2-4-17/h5-7H,2-4H2,1H3. The summed E-state index contributed by atoms with van der Waals surface area (Å²) >= 11 is 7.42. The molecule has 0 atom stereocenters. The molecule has 0 bridgehead atoms. The highest BCUT2D eigenvalue weighted by atomic mass is 35.5. The van der Waals surface area contributed by atoms with E-state index < -0.39 is 6.09 Å². The van der Waals surface area contributed by atoms with Gasteiger partial charge in [0.05, 0.1) is 0 Å². The van der Waals surface area contributed by atoms with Crippen LogP contribution in [0, 0.1) is 6.92 Å². The summed E-state index contributed by atoms with van der Waals surface area (Å²) < 4.78 is 0. The Morgan fingerprint density at radius 2 is 2.19 bits per heavy atom. The number of aryl methyl sites for hydroxylation is 1. The number of pyridine rings is 1. The second-order valence-electron chi connectivity index (χ2n) is 4.58. The van der Waals surface area contributed by atoms with Gasteiger partial charge in [-0.1, -0.05) is 11.6 Å². The van der Waals surface area contributed by atoms with E-state index in [4.69, 9.17) is 21.4 Å². The average Bonchev–Trinajstić information content (AvgIpc) is 2.80. The number of halogens is 1. The van der Waals surface area contributed by atoms with E-state index in [9.17, 15) is 4.79 Å². The molecule has 3 heterocycles. The molecule has 0 radical (unpaired) electrons. The van der Waals surface area contributed by atoms with E-state index in [2.05, 4.69) is 9.97 Å². The molecular weight excluding hydrogens is 314 g/mol. The third-order valence-electron chi connectivity index (χ3n) is 2.93. The Labute approximate surface area is 130 Å². The molecule has 1 aliphatic heterocycles. The molecule has 8 heteroatoms. The summed E-state index contributed by atoms with van der Waals surface area (Å²) in [6.07, 6.45) is 0.491. The van der Waals surface area contributed by atoms with Crippen molar-refractivity contribution in [3.63, 3.8) is 0 Å². The Bertz CT molecular complexity index is 672. The molecule has 0 aromatic carbocycles. The molecule has 1 aliphatic rings. The first-order chi connectivity index (χ1) is 10.1. The van der Waals surface area contributed by atoms with Gasteiger partial charge in [-0.3, -0.25) is 4.89 Å². The number of hydrogen-bond donors (Lipinski definition) is 0. The zero-order valence-electron chi connectivity index (χ0n) is 11.2. The van der Waals surface area contributed by atoms with Gasteiger partial charge < -0.3 is 4.90 Å². The second kappa shape index (κ2) is 5.87. The van der Waals surface area contributed by atoms with Crippen LogP contribution < -0.4 is 4.89 Å². The lowest BCUT2D eigenvalue weighted by atomic mass is 10.2. The quantitative estimate of drug-likeness (QED) is 0.492. The van der Waals surface area contributed by atoms with Gasteiger partial charge in [-0.2, -0.15) is 0 Å². The van der Waals surface area contributed by atoms with Crippen LogP contribution in [0.2, 0.25) is 5.15 Å². The second-order valence-corrected chi connectivity index (χ2v) is 5.82. The van der Waals surface area contributed by atoms with Crippen molar-refractivity contribution < 1.29 is 14.6 Å². The first kappa shape index (κ1) is 14.1. The fourth-order valence-corrected chi connectivity index (χ4v) is 2.69. The minimum Gasteiger partial charge on any atom is -0.305 e. The summed E-state index contributed by atoms with van der Waals surface area (Å²) in [5.41, 5.74) is 1.49. The number of hydrogen-bond acceptors (Lipinski definition) is 6. The van der Waals surface area contributed by atoms with Gasteiger partial charge in [-0.05, 0) is 13.3 Å². The Kier molecular flexibility index (Phi) is 3.94. The number of rotatable bonds is 3. The average molecular weight is 326 g/mol. The Morgan fingerprint density at radius 1 is 1.38 bits per heavy atom. The maximum absolute atomic E-state index is 11.6. The molecule has 110 valence electrons. The van der Waals surface area contributed by atoms with Crippen molar-refractivity contribution >= 4 is 29.0 Å². The van der Waals surface area contributed by atoms with Gasteiger partial charge in [0.15, 0.2) is 5.75 Å². The topological polar surface area (TPSA) is 64.6 Å². The molecule has 1 saturated heterocycles. The summed E-state index contributed by atoms with van der Waals surface area (Å²) in [6.45, 7) is 3.29. The molecule has 2 aromatic heterocycles. The van der Waals surface area contributed by atoms with Crippen LogP contribution in [0.1, 0.15) is 12.1 Å². The zero-order valence-corrected chi connectivity index (χ0v) is 12.8. The Hall–Kier alpha value is -1.86. The minimum atomic E-state index is -0.499. The van der Waals surface area contributed by atoms with E-state index in [-0.39, 0.29) is 5.15 Å². The highest BCUT2D eigenvalue weighted by molar-refractivity contribution is 7.13. The predicted octanol–water partition coefficient (Wildman–Crippen LogP) is 3.30. The van der Waals surface area contributed by atoms with Gasteiger partial charge >= 0.3 is 6.09 Å². The third-order valence-corrected chi connectivity index (χ3v) is 4.11.